The Hall–Kier alpha value is -2.69. The van der Waals surface area contributed by atoms with Gasteiger partial charge in [0, 0.05) is 17.7 Å². The van der Waals surface area contributed by atoms with Gasteiger partial charge in [-0.25, -0.2) is 4.39 Å². The van der Waals surface area contributed by atoms with Crippen LogP contribution in [-0.4, -0.2) is 10.1 Å². The molecular weight excluding hydrogens is 257 g/mol. The SMILES string of the molecule is Nc1ccc(-c2nc(Cc3ccc(F)cc3)no2)cc1. The van der Waals surface area contributed by atoms with Gasteiger partial charge >= 0.3 is 0 Å². The lowest BCUT2D eigenvalue weighted by molar-refractivity contribution is 0.424. The van der Waals surface area contributed by atoms with Crippen LogP contribution >= 0.6 is 0 Å². The average Bonchev–Trinajstić information content (AvgIpc) is 2.91. The molecule has 0 atom stereocenters. The molecule has 0 radical (unpaired) electrons. The van der Waals surface area contributed by atoms with Gasteiger partial charge < -0.3 is 10.3 Å². The fourth-order valence-corrected chi connectivity index (χ4v) is 1.85. The lowest BCUT2D eigenvalue weighted by Crippen LogP contribution is -1.91. The van der Waals surface area contributed by atoms with Crippen molar-refractivity contribution in [3.8, 4) is 11.5 Å². The molecule has 0 fully saturated rings. The first-order chi connectivity index (χ1) is 9.70. The average molecular weight is 269 g/mol. The van der Waals surface area contributed by atoms with E-state index in [4.69, 9.17) is 10.3 Å². The second kappa shape index (κ2) is 5.13. The Kier molecular flexibility index (Phi) is 3.16. The zero-order chi connectivity index (χ0) is 13.9. The van der Waals surface area contributed by atoms with Crippen molar-refractivity contribution in [3.05, 3.63) is 65.7 Å². The van der Waals surface area contributed by atoms with Crippen LogP contribution < -0.4 is 5.73 Å². The number of hydrogen-bond donors (Lipinski definition) is 1. The fourth-order valence-electron chi connectivity index (χ4n) is 1.85. The zero-order valence-corrected chi connectivity index (χ0v) is 10.6. The van der Waals surface area contributed by atoms with Gasteiger partial charge in [-0.15, -0.1) is 0 Å². The maximum absolute atomic E-state index is 12.8. The number of nitrogens with zero attached hydrogens (tertiary/aromatic N) is 2. The van der Waals surface area contributed by atoms with E-state index in [-0.39, 0.29) is 5.82 Å². The van der Waals surface area contributed by atoms with Crippen LogP contribution in [0.3, 0.4) is 0 Å². The number of halogens is 1. The number of nitrogen functional groups attached to an aromatic ring is 1. The lowest BCUT2D eigenvalue weighted by Gasteiger charge is -1.96. The molecule has 0 bridgehead atoms. The lowest BCUT2D eigenvalue weighted by atomic mass is 10.1. The molecule has 0 aliphatic carbocycles. The minimum atomic E-state index is -0.260. The van der Waals surface area contributed by atoms with E-state index in [2.05, 4.69) is 10.1 Å². The van der Waals surface area contributed by atoms with Crippen molar-refractivity contribution in [1.82, 2.24) is 10.1 Å². The van der Waals surface area contributed by atoms with Gasteiger partial charge in [0.15, 0.2) is 5.82 Å². The third-order valence-corrected chi connectivity index (χ3v) is 2.90. The summed E-state index contributed by atoms with van der Waals surface area (Å²) in [5.41, 5.74) is 8.05. The summed E-state index contributed by atoms with van der Waals surface area (Å²) in [6.45, 7) is 0. The molecule has 2 N–H and O–H groups in total. The topological polar surface area (TPSA) is 64.9 Å². The predicted octanol–water partition coefficient (Wildman–Crippen LogP) is 3.05. The molecule has 1 heterocycles. The van der Waals surface area contributed by atoms with Crippen molar-refractivity contribution < 1.29 is 8.91 Å². The van der Waals surface area contributed by atoms with Crippen LogP contribution in [-0.2, 0) is 6.42 Å². The quantitative estimate of drug-likeness (QED) is 0.742. The third kappa shape index (κ3) is 2.66. The zero-order valence-electron chi connectivity index (χ0n) is 10.6. The molecule has 0 aliphatic rings. The van der Waals surface area contributed by atoms with Crippen molar-refractivity contribution in [3.63, 3.8) is 0 Å². The summed E-state index contributed by atoms with van der Waals surface area (Å²) in [5, 5.41) is 3.92. The van der Waals surface area contributed by atoms with Gasteiger partial charge in [-0.05, 0) is 42.0 Å². The standard InChI is InChI=1S/C15H12FN3O/c16-12-5-1-10(2-6-12)9-14-18-15(20-19-14)11-3-7-13(17)8-4-11/h1-8H,9,17H2. The molecule has 0 saturated heterocycles. The summed E-state index contributed by atoms with van der Waals surface area (Å²) >= 11 is 0. The van der Waals surface area contributed by atoms with Crippen molar-refractivity contribution in [2.45, 2.75) is 6.42 Å². The third-order valence-electron chi connectivity index (χ3n) is 2.90. The largest absolute Gasteiger partial charge is 0.399 e. The maximum Gasteiger partial charge on any atom is 0.257 e. The molecule has 100 valence electrons. The van der Waals surface area contributed by atoms with Gasteiger partial charge in [-0.2, -0.15) is 4.98 Å². The van der Waals surface area contributed by atoms with Crippen molar-refractivity contribution in [1.29, 1.82) is 0 Å². The maximum atomic E-state index is 12.8. The summed E-state index contributed by atoms with van der Waals surface area (Å²) in [5.74, 6) is 0.745. The molecule has 3 aromatic rings. The van der Waals surface area contributed by atoms with Gasteiger partial charge in [0.25, 0.3) is 5.89 Å². The number of hydrogen-bond acceptors (Lipinski definition) is 4. The van der Waals surface area contributed by atoms with Crippen LogP contribution in [0.5, 0.6) is 0 Å². The summed E-state index contributed by atoms with van der Waals surface area (Å²) in [6, 6.07) is 13.4. The summed E-state index contributed by atoms with van der Waals surface area (Å²) in [6.07, 6.45) is 0.499. The molecule has 4 nitrogen and oxygen atoms in total. The molecule has 0 saturated carbocycles. The fraction of sp³-hybridized carbons (Fsp3) is 0.0667. The van der Waals surface area contributed by atoms with Crippen LogP contribution in [0.4, 0.5) is 10.1 Å². The van der Waals surface area contributed by atoms with Gasteiger partial charge in [0.1, 0.15) is 5.82 Å². The smallest absolute Gasteiger partial charge is 0.257 e. The van der Waals surface area contributed by atoms with E-state index < -0.39 is 0 Å². The van der Waals surface area contributed by atoms with Crippen LogP contribution in [0.2, 0.25) is 0 Å². The first-order valence-corrected chi connectivity index (χ1v) is 6.14. The van der Waals surface area contributed by atoms with Crippen LogP contribution in [0.15, 0.2) is 53.1 Å². The van der Waals surface area contributed by atoms with E-state index in [0.29, 0.717) is 23.8 Å². The molecule has 0 aliphatic heterocycles. The van der Waals surface area contributed by atoms with Crippen molar-refractivity contribution in [2.75, 3.05) is 5.73 Å². The highest BCUT2D eigenvalue weighted by molar-refractivity contribution is 5.56. The Morgan fingerprint density at radius 3 is 2.40 bits per heavy atom. The number of rotatable bonds is 3. The first kappa shape index (κ1) is 12.3. The number of anilines is 1. The number of benzene rings is 2. The Labute approximate surface area is 115 Å². The van der Waals surface area contributed by atoms with Gasteiger partial charge in [0.2, 0.25) is 0 Å². The van der Waals surface area contributed by atoms with Crippen LogP contribution in [0, 0.1) is 5.82 Å². The Morgan fingerprint density at radius 2 is 1.70 bits per heavy atom. The number of nitrogens with two attached hydrogens (primary N) is 1. The van der Waals surface area contributed by atoms with Crippen molar-refractivity contribution >= 4 is 5.69 Å². The predicted molar refractivity (Wildman–Crippen MR) is 73.4 cm³/mol. The minimum Gasteiger partial charge on any atom is -0.399 e. The van der Waals surface area contributed by atoms with Crippen LogP contribution in [0.25, 0.3) is 11.5 Å². The first-order valence-electron chi connectivity index (χ1n) is 6.14. The molecule has 1 aromatic heterocycles. The van der Waals surface area contributed by atoms with E-state index in [1.807, 2.05) is 12.1 Å². The second-order valence-corrected chi connectivity index (χ2v) is 4.44. The van der Waals surface area contributed by atoms with Crippen LogP contribution in [0.1, 0.15) is 11.4 Å². The second-order valence-electron chi connectivity index (χ2n) is 4.44. The molecule has 0 spiro atoms. The van der Waals surface area contributed by atoms with E-state index in [9.17, 15) is 4.39 Å². The summed E-state index contributed by atoms with van der Waals surface area (Å²) in [4.78, 5) is 4.32. The molecule has 0 amide bonds. The van der Waals surface area contributed by atoms with Crippen molar-refractivity contribution in [2.24, 2.45) is 0 Å². The molecule has 5 heteroatoms. The highest BCUT2D eigenvalue weighted by Crippen LogP contribution is 2.19. The molecule has 0 unspecified atom stereocenters. The monoisotopic (exact) mass is 269 g/mol. The Bertz CT molecular complexity index is 705. The highest BCUT2D eigenvalue weighted by Gasteiger charge is 2.09. The molecule has 3 rings (SSSR count). The van der Waals surface area contributed by atoms with E-state index >= 15 is 0 Å². The number of aromatic nitrogens is 2. The van der Waals surface area contributed by atoms with Gasteiger partial charge in [-0.1, -0.05) is 17.3 Å². The minimum absolute atomic E-state index is 0.260. The molecular formula is C15H12FN3O. The van der Waals surface area contributed by atoms with Gasteiger partial charge in [-0.3, -0.25) is 0 Å². The Balaban J connectivity index is 1.80. The van der Waals surface area contributed by atoms with E-state index in [1.165, 1.54) is 12.1 Å². The summed E-state index contributed by atoms with van der Waals surface area (Å²) < 4.78 is 18.0. The van der Waals surface area contributed by atoms with E-state index in [1.54, 1.807) is 24.3 Å². The molecule has 2 aromatic carbocycles. The normalized spacial score (nSPS) is 10.7. The molecule has 20 heavy (non-hydrogen) atoms. The summed E-state index contributed by atoms with van der Waals surface area (Å²) in [7, 11) is 0. The van der Waals surface area contributed by atoms with E-state index in [0.717, 1.165) is 11.1 Å². The van der Waals surface area contributed by atoms with Gasteiger partial charge in [0.05, 0.1) is 0 Å². The highest BCUT2D eigenvalue weighted by atomic mass is 19.1. The Morgan fingerprint density at radius 1 is 1.00 bits per heavy atom.